The van der Waals surface area contributed by atoms with Crippen LogP contribution in [0.2, 0.25) is 0 Å². The molecule has 0 radical (unpaired) electrons. The Morgan fingerprint density at radius 2 is 2.00 bits per heavy atom. The van der Waals surface area contributed by atoms with Gasteiger partial charge in [-0.3, -0.25) is 4.79 Å². The molecule has 2 heteroatoms. The Bertz CT molecular complexity index is 485. The summed E-state index contributed by atoms with van der Waals surface area (Å²) in [5.74, 6) is 0.0121. The number of rotatable bonds is 3. The van der Waals surface area contributed by atoms with Gasteiger partial charge in [-0.25, -0.2) is 0 Å². The molecule has 0 bridgehead atoms. The van der Waals surface area contributed by atoms with Crippen molar-refractivity contribution in [2.24, 2.45) is 5.41 Å². The Morgan fingerprint density at radius 3 is 2.47 bits per heavy atom. The van der Waals surface area contributed by atoms with Gasteiger partial charge in [-0.05, 0) is 41.7 Å². The molecule has 0 aromatic heterocycles. The Hall–Kier alpha value is -1.31. The van der Waals surface area contributed by atoms with Gasteiger partial charge in [0.05, 0.1) is 5.41 Å². The number of carboxylic acid groups (broad SMARTS) is 1. The predicted molar refractivity (Wildman–Crippen MR) is 66.1 cm³/mol. The number of carboxylic acids is 1. The van der Waals surface area contributed by atoms with Gasteiger partial charge in [-0.1, -0.05) is 38.1 Å². The standard InChI is InChI=1S/C15H18O2/c1-14(2)9-15(14,13(16)17)12-5-3-4-11(8-12)10-6-7-10/h3-5,8,10H,6-7,9H2,1-2H3,(H,16,17). The van der Waals surface area contributed by atoms with Crippen LogP contribution in [0.5, 0.6) is 0 Å². The molecule has 0 spiro atoms. The van der Waals surface area contributed by atoms with Crippen LogP contribution in [0, 0.1) is 5.41 Å². The largest absolute Gasteiger partial charge is 0.481 e. The summed E-state index contributed by atoms with van der Waals surface area (Å²) in [6.07, 6.45) is 3.27. The van der Waals surface area contributed by atoms with Crippen LogP contribution in [-0.2, 0) is 10.2 Å². The molecule has 1 N–H and O–H groups in total. The van der Waals surface area contributed by atoms with Crippen molar-refractivity contribution in [3.63, 3.8) is 0 Å². The molecule has 0 saturated heterocycles. The van der Waals surface area contributed by atoms with Crippen LogP contribution in [0.15, 0.2) is 24.3 Å². The van der Waals surface area contributed by atoms with Crippen LogP contribution in [0.25, 0.3) is 0 Å². The summed E-state index contributed by atoms with van der Waals surface area (Å²) in [6.45, 7) is 4.09. The monoisotopic (exact) mass is 230 g/mol. The lowest BCUT2D eigenvalue weighted by Crippen LogP contribution is -2.25. The van der Waals surface area contributed by atoms with E-state index in [1.165, 1.54) is 18.4 Å². The van der Waals surface area contributed by atoms with E-state index in [0.717, 1.165) is 12.0 Å². The van der Waals surface area contributed by atoms with E-state index in [4.69, 9.17) is 0 Å². The molecule has 2 fully saturated rings. The molecule has 0 amide bonds. The first-order valence-corrected chi connectivity index (χ1v) is 6.31. The minimum atomic E-state index is -0.671. The van der Waals surface area contributed by atoms with E-state index in [9.17, 15) is 9.90 Å². The summed E-state index contributed by atoms with van der Waals surface area (Å²) in [4.78, 5) is 11.6. The number of hydrogen-bond acceptors (Lipinski definition) is 1. The number of benzene rings is 1. The third-order valence-corrected chi connectivity index (χ3v) is 4.53. The fourth-order valence-electron chi connectivity index (χ4n) is 3.07. The first kappa shape index (κ1) is 10.8. The van der Waals surface area contributed by atoms with Gasteiger partial charge in [0.1, 0.15) is 0 Å². The van der Waals surface area contributed by atoms with Gasteiger partial charge in [-0.15, -0.1) is 0 Å². The van der Waals surface area contributed by atoms with Gasteiger partial charge >= 0.3 is 5.97 Å². The highest BCUT2D eigenvalue weighted by Gasteiger charge is 2.67. The summed E-state index contributed by atoms with van der Waals surface area (Å²) >= 11 is 0. The Balaban J connectivity index is 2.03. The first-order chi connectivity index (χ1) is 7.97. The maximum absolute atomic E-state index is 11.6. The third-order valence-electron chi connectivity index (χ3n) is 4.53. The van der Waals surface area contributed by atoms with E-state index >= 15 is 0 Å². The third kappa shape index (κ3) is 1.43. The minimum Gasteiger partial charge on any atom is -0.481 e. The number of hydrogen-bond donors (Lipinski definition) is 1. The highest BCUT2D eigenvalue weighted by Crippen LogP contribution is 2.64. The number of carbonyl (C=O) groups is 1. The molecular formula is C15H18O2. The SMILES string of the molecule is CC1(C)CC1(C(=O)O)c1cccc(C2CC2)c1. The molecule has 2 aliphatic rings. The quantitative estimate of drug-likeness (QED) is 0.865. The van der Waals surface area contributed by atoms with Crippen molar-refractivity contribution in [2.75, 3.05) is 0 Å². The van der Waals surface area contributed by atoms with Gasteiger partial charge in [0, 0.05) is 0 Å². The number of aliphatic carboxylic acids is 1. The summed E-state index contributed by atoms with van der Waals surface area (Å²) in [6, 6.07) is 8.25. The van der Waals surface area contributed by atoms with Crippen LogP contribution in [-0.4, -0.2) is 11.1 Å². The van der Waals surface area contributed by atoms with Crippen LogP contribution in [0.1, 0.15) is 50.2 Å². The van der Waals surface area contributed by atoms with E-state index in [2.05, 4.69) is 12.1 Å². The molecule has 3 rings (SSSR count). The van der Waals surface area contributed by atoms with Gasteiger partial charge in [-0.2, -0.15) is 0 Å². The molecule has 2 nitrogen and oxygen atoms in total. The first-order valence-electron chi connectivity index (χ1n) is 6.31. The molecule has 90 valence electrons. The van der Waals surface area contributed by atoms with Crippen LogP contribution < -0.4 is 0 Å². The van der Waals surface area contributed by atoms with Crippen molar-refractivity contribution >= 4 is 5.97 Å². The van der Waals surface area contributed by atoms with E-state index in [1.54, 1.807) is 0 Å². The van der Waals surface area contributed by atoms with E-state index in [-0.39, 0.29) is 5.41 Å². The summed E-state index contributed by atoms with van der Waals surface area (Å²) in [5.41, 5.74) is 1.57. The van der Waals surface area contributed by atoms with Gasteiger partial charge in [0.15, 0.2) is 0 Å². The average molecular weight is 230 g/mol. The van der Waals surface area contributed by atoms with Crippen molar-refractivity contribution in [2.45, 2.75) is 44.4 Å². The van der Waals surface area contributed by atoms with Crippen molar-refractivity contribution < 1.29 is 9.90 Å². The molecular weight excluding hydrogens is 212 g/mol. The highest BCUT2D eigenvalue weighted by molar-refractivity contribution is 5.87. The van der Waals surface area contributed by atoms with Crippen molar-refractivity contribution in [3.8, 4) is 0 Å². The van der Waals surface area contributed by atoms with Crippen molar-refractivity contribution in [1.82, 2.24) is 0 Å². The maximum Gasteiger partial charge on any atom is 0.314 e. The van der Waals surface area contributed by atoms with E-state index < -0.39 is 11.4 Å². The zero-order valence-electron chi connectivity index (χ0n) is 10.4. The molecule has 17 heavy (non-hydrogen) atoms. The van der Waals surface area contributed by atoms with Crippen LogP contribution in [0.3, 0.4) is 0 Å². The molecule has 1 unspecified atom stereocenters. The molecule has 1 aromatic carbocycles. The van der Waals surface area contributed by atoms with Crippen molar-refractivity contribution in [3.05, 3.63) is 35.4 Å². The van der Waals surface area contributed by atoms with E-state index in [0.29, 0.717) is 5.92 Å². The van der Waals surface area contributed by atoms with Gasteiger partial charge in [0.2, 0.25) is 0 Å². The predicted octanol–water partition coefficient (Wildman–Crippen LogP) is 3.32. The molecule has 0 aliphatic heterocycles. The van der Waals surface area contributed by atoms with Crippen molar-refractivity contribution in [1.29, 1.82) is 0 Å². The lowest BCUT2D eigenvalue weighted by Gasteiger charge is -2.17. The average Bonchev–Trinajstić information content (AvgIpc) is 3.13. The molecule has 2 saturated carbocycles. The van der Waals surface area contributed by atoms with Crippen LogP contribution >= 0.6 is 0 Å². The molecule has 0 heterocycles. The summed E-state index contributed by atoms with van der Waals surface area (Å²) in [5, 5.41) is 9.54. The van der Waals surface area contributed by atoms with Gasteiger partial charge < -0.3 is 5.11 Å². The molecule has 1 aromatic rings. The highest BCUT2D eigenvalue weighted by atomic mass is 16.4. The molecule has 2 aliphatic carbocycles. The Labute approximate surface area is 102 Å². The fourth-order valence-corrected chi connectivity index (χ4v) is 3.07. The normalized spacial score (nSPS) is 30.0. The van der Waals surface area contributed by atoms with Crippen LogP contribution in [0.4, 0.5) is 0 Å². The van der Waals surface area contributed by atoms with Gasteiger partial charge in [0.25, 0.3) is 0 Å². The Kier molecular flexibility index (Phi) is 1.99. The topological polar surface area (TPSA) is 37.3 Å². The zero-order valence-corrected chi connectivity index (χ0v) is 10.4. The second-order valence-corrected chi connectivity index (χ2v) is 6.17. The fraction of sp³-hybridized carbons (Fsp3) is 0.533. The molecule has 1 atom stereocenters. The lowest BCUT2D eigenvalue weighted by molar-refractivity contribution is -0.141. The summed E-state index contributed by atoms with van der Waals surface area (Å²) in [7, 11) is 0. The lowest BCUT2D eigenvalue weighted by atomic mass is 9.86. The maximum atomic E-state index is 11.6. The Morgan fingerprint density at radius 1 is 1.35 bits per heavy atom. The smallest absolute Gasteiger partial charge is 0.314 e. The second-order valence-electron chi connectivity index (χ2n) is 6.17. The summed E-state index contributed by atoms with van der Waals surface area (Å²) < 4.78 is 0. The van der Waals surface area contributed by atoms with E-state index in [1.807, 2.05) is 26.0 Å². The zero-order chi connectivity index (χ0) is 12.3. The minimum absolute atomic E-state index is 0.110. The second kappa shape index (κ2) is 3.12.